The Morgan fingerprint density at radius 2 is 2.00 bits per heavy atom. The Hall–Kier alpha value is -2.01. The van der Waals surface area contributed by atoms with Gasteiger partial charge in [-0.15, -0.1) is 11.8 Å². The molecule has 0 amide bonds. The Morgan fingerprint density at radius 3 is 2.53 bits per heavy atom. The van der Waals surface area contributed by atoms with Crippen molar-refractivity contribution in [2.45, 2.75) is 11.8 Å². The number of thioether (sulfide) groups is 1. The molecule has 2 aromatic rings. The van der Waals surface area contributed by atoms with Crippen molar-refractivity contribution in [3.8, 4) is 11.6 Å². The van der Waals surface area contributed by atoms with Crippen LogP contribution in [0.15, 0.2) is 41.4 Å². The summed E-state index contributed by atoms with van der Waals surface area (Å²) in [5, 5.41) is 8.86. The van der Waals surface area contributed by atoms with Gasteiger partial charge in [0, 0.05) is 16.7 Å². The lowest BCUT2D eigenvalue weighted by molar-refractivity contribution is 0.0696. The van der Waals surface area contributed by atoms with E-state index in [-0.39, 0.29) is 5.56 Å². The van der Waals surface area contributed by atoms with E-state index in [2.05, 4.69) is 4.98 Å². The summed E-state index contributed by atoms with van der Waals surface area (Å²) in [6, 6.07) is 9.18. The van der Waals surface area contributed by atoms with Crippen molar-refractivity contribution in [2.24, 2.45) is 0 Å². The molecule has 2 rings (SSSR count). The van der Waals surface area contributed by atoms with Crippen LogP contribution in [0.1, 0.15) is 15.9 Å². The van der Waals surface area contributed by atoms with E-state index in [9.17, 15) is 4.79 Å². The summed E-state index contributed by atoms with van der Waals surface area (Å²) >= 11 is 1.66. The number of benzene rings is 1. The van der Waals surface area contributed by atoms with Crippen LogP contribution in [-0.2, 0) is 0 Å². The number of pyridine rings is 1. The van der Waals surface area contributed by atoms with Gasteiger partial charge in [0.2, 0.25) is 5.88 Å². The van der Waals surface area contributed by atoms with Crippen molar-refractivity contribution < 1.29 is 14.6 Å². The van der Waals surface area contributed by atoms with Crippen LogP contribution < -0.4 is 4.74 Å². The van der Waals surface area contributed by atoms with E-state index in [0.29, 0.717) is 17.2 Å². The number of rotatable bonds is 4. The van der Waals surface area contributed by atoms with E-state index in [4.69, 9.17) is 9.84 Å². The Bertz CT molecular complexity index is 596. The Balaban J connectivity index is 2.20. The van der Waals surface area contributed by atoms with E-state index in [1.807, 2.05) is 30.5 Å². The fraction of sp³-hybridized carbons (Fsp3) is 0.143. The molecule has 0 unspecified atom stereocenters. The molecule has 0 spiro atoms. The van der Waals surface area contributed by atoms with Gasteiger partial charge in [0.25, 0.3) is 0 Å². The summed E-state index contributed by atoms with van der Waals surface area (Å²) in [5.41, 5.74) is 0.844. The molecule has 4 nitrogen and oxygen atoms in total. The molecule has 1 aromatic carbocycles. The third-order valence-corrected chi connectivity index (χ3v) is 3.29. The molecule has 0 aliphatic carbocycles. The zero-order chi connectivity index (χ0) is 13.8. The molecule has 0 atom stereocenters. The third kappa shape index (κ3) is 3.26. The normalized spacial score (nSPS) is 10.2. The van der Waals surface area contributed by atoms with Gasteiger partial charge in [0.15, 0.2) is 0 Å². The van der Waals surface area contributed by atoms with Gasteiger partial charge in [0.05, 0.1) is 5.56 Å². The van der Waals surface area contributed by atoms with Gasteiger partial charge in [-0.3, -0.25) is 0 Å². The lowest BCUT2D eigenvalue weighted by atomic mass is 10.2. The first kappa shape index (κ1) is 13.4. The average Bonchev–Trinajstić information content (AvgIpc) is 2.41. The van der Waals surface area contributed by atoms with Gasteiger partial charge >= 0.3 is 5.97 Å². The lowest BCUT2D eigenvalue weighted by Gasteiger charge is -2.08. The van der Waals surface area contributed by atoms with Gasteiger partial charge < -0.3 is 9.84 Å². The first-order valence-electron chi connectivity index (χ1n) is 5.62. The number of carboxylic acid groups (broad SMARTS) is 1. The molecule has 0 aliphatic rings. The topological polar surface area (TPSA) is 59.4 Å². The highest BCUT2D eigenvalue weighted by atomic mass is 32.2. The molecule has 1 aromatic heterocycles. The zero-order valence-corrected chi connectivity index (χ0v) is 11.4. The van der Waals surface area contributed by atoms with Crippen LogP contribution in [0.2, 0.25) is 0 Å². The molecule has 5 heteroatoms. The molecule has 0 aliphatic heterocycles. The molecule has 0 fully saturated rings. The highest BCUT2D eigenvalue weighted by Crippen LogP contribution is 2.25. The van der Waals surface area contributed by atoms with E-state index < -0.39 is 5.97 Å². The summed E-state index contributed by atoms with van der Waals surface area (Å²) in [5.74, 6) is 0.102. The van der Waals surface area contributed by atoms with Crippen molar-refractivity contribution in [1.82, 2.24) is 4.98 Å². The first-order valence-corrected chi connectivity index (χ1v) is 6.84. The molecule has 1 N–H and O–H groups in total. The number of hydrogen-bond acceptors (Lipinski definition) is 4. The molecule has 19 heavy (non-hydrogen) atoms. The van der Waals surface area contributed by atoms with Crippen LogP contribution >= 0.6 is 11.8 Å². The monoisotopic (exact) mass is 275 g/mol. The Labute approximate surface area is 115 Å². The zero-order valence-electron chi connectivity index (χ0n) is 10.6. The molecular formula is C14H13NO3S. The van der Waals surface area contributed by atoms with Gasteiger partial charge in [-0.2, -0.15) is 0 Å². The number of ether oxygens (including phenoxy) is 1. The largest absolute Gasteiger partial charge is 0.478 e. The number of carbonyl (C=O) groups is 1. The van der Waals surface area contributed by atoms with Crippen LogP contribution in [-0.4, -0.2) is 22.3 Å². The van der Waals surface area contributed by atoms with Crippen molar-refractivity contribution in [2.75, 3.05) is 6.26 Å². The van der Waals surface area contributed by atoms with E-state index in [1.165, 1.54) is 6.20 Å². The predicted octanol–water partition coefficient (Wildman–Crippen LogP) is 3.60. The second kappa shape index (κ2) is 5.75. The minimum atomic E-state index is -0.994. The maximum atomic E-state index is 10.8. The summed E-state index contributed by atoms with van der Waals surface area (Å²) < 4.78 is 5.63. The number of aromatic carboxylic acids is 1. The molecule has 0 bridgehead atoms. The molecule has 0 radical (unpaired) electrons. The molecule has 0 saturated heterocycles. The maximum Gasteiger partial charge on any atom is 0.337 e. The molecule has 1 heterocycles. The highest BCUT2D eigenvalue weighted by molar-refractivity contribution is 7.98. The van der Waals surface area contributed by atoms with Crippen molar-refractivity contribution in [3.63, 3.8) is 0 Å². The highest BCUT2D eigenvalue weighted by Gasteiger charge is 2.08. The van der Waals surface area contributed by atoms with Crippen molar-refractivity contribution >= 4 is 17.7 Å². The van der Waals surface area contributed by atoms with Gasteiger partial charge in [-0.25, -0.2) is 9.78 Å². The fourth-order valence-electron chi connectivity index (χ4n) is 1.54. The summed E-state index contributed by atoms with van der Waals surface area (Å²) in [6.07, 6.45) is 3.30. The van der Waals surface area contributed by atoms with E-state index in [1.54, 1.807) is 24.8 Å². The van der Waals surface area contributed by atoms with Gasteiger partial charge in [0.1, 0.15) is 5.75 Å². The number of aromatic nitrogens is 1. The predicted molar refractivity (Wildman–Crippen MR) is 74.2 cm³/mol. The summed E-state index contributed by atoms with van der Waals surface area (Å²) in [6.45, 7) is 1.77. The van der Waals surface area contributed by atoms with E-state index in [0.717, 1.165) is 4.90 Å². The van der Waals surface area contributed by atoms with Crippen molar-refractivity contribution in [3.05, 3.63) is 47.7 Å². The SMILES string of the molecule is CSc1ccc(Oc2ncc(C(=O)O)cc2C)cc1. The van der Waals surface area contributed by atoms with Crippen LogP contribution in [0, 0.1) is 6.92 Å². The first-order chi connectivity index (χ1) is 9.10. The average molecular weight is 275 g/mol. The number of nitrogens with zero attached hydrogens (tertiary/aromatic N) is 1. The maximum absolute atomic E-state index is 10.8. The summed E-state index contributed by atoms with van der Waals surface area (Å²) in [7, 11) is 0. The third-order valence-electron chi connectivity index (χ3n) is 2.55. The number of carboxylic acids is 1. The van der Waals surface area contributed by atoms with Gasteiger partial charge in [-0.05, 0) is 43.5 Å². The Morgan fingerprint density at radius 1 is 1.32 bits per heavy atom. The number of aryl methyl sites for hydroxylation is 1. The van der Waals surface area contributed by atoms with Crippen LogP contribution in [0.25, 0.3) is 0 Å². The standard InChI is InChI=1S/C14H13NO3S/c1-9-7-10(14(16)17)8-15-13(9)18-11-3-5-12(19-2)6-4-11/h3-8H,1-2H3,(H,16,17). The minimum Gasteiger partial charge on any atom is -0.478 e. The number of hydrogen-bond donors (Lipinski definition) is 1. The van der Waals surface area contributed by atoms with Crippen LogP contribution in [0.4, 0.5) is 0 Å². The van der Waals surface area contributed by atoms with Crippen molar-refractivity contribution in [1.29, 1.82) is 0 Å². The lowest BCUT2D eigenvalue weighted by Crippen LogP contribution is -1.99. The second-order valence-corrected chi connectivity index (χ2v) is 4.81. The van der Waals surface area contributed by atoms with Crippen LogP contribution in [0.5, 0.6) is 11.6 Å². The van der Waals surface area contributed by atoms with E-state index >= 15 is 0 Å². The quantitative estimate of drug-likeness (QED) is 0.864. The van der Waals surface area contributed by atoms with Crippen LogP contribution in [0.3, 0.4) is 0 Å². The molecule has 98 valence electrons. The van der Waals surface area contributed by atoms with Gasteiger partial charge in [-0.1, -0.05) is 0 Å². The Kier molecular flexibility index (Phi) is 4.06. The molecule has 0 saturated carbocycles. The fourth-order valence-corrected chi connectivity index (χ4v) is 1.95. The summed E-state index contributed by atoms with van der Waals surface area (Å²) in [4.78, 5) is 16.0. The molecular weight excluding hydrogens is 262 g/mol. The smallest absolute Gasteiger partial charge is 0.337 e. The minimum absolute atomic E-state index is 0.155. The second-order valence-electron chi connectivity index (χ2n) is 3.93.